The fraction of sp³-hybridized carbons (Fsp3) is 0.278. The molecule has 0 bridgehead atoms. The zero-order valence-corrected chi connectivity index (χ0v) is 12.9. The molecule has 0 aliphatic rings. The highest BCUT2D eigenvalue weighted by molar-refractivity contribution is 5.96. The average molecular weight is 299 g/mol. The van der Waals surface area contributed by atoms with Crippen molar-refractivity contribution in [2.45, 2.75) is 19.4 Å². The van der Waals surface area contributed by atoms with E-state index in [2.05, 4.69) is 5.32 Å². The van der Waals surface area contributed by atoms with Gasteiger partial charge in [-0.2, -0.15) is 0 Å². The largest absolute Gasteiger partial charge is 0.493 e. The van der Waals surface area contributed by atoms with Crippen molar-refractivity contribution in [3.63, 3.8) is 0 Å². The van der Waals surface area contributed by atoms with Gasteiger partial charge in [0.05, 0.1) is 18.7 Å². The Hall–Kier alpha value is -2.33. The first-order chi connectivity index (χ1) is 10.5. The third kappa shape index (κ3) is 3.86. The van der Waals surface area contributed by atoms with E-state index in [-0.39, 0.29) is 12.5 Å². The minimum atomic E-state index is -1.13. The van der Waals surface area contributed by atoms with Crippen LogP contribution in [-0.4, -0.2) is 24.2 Å². The van der Waals surface area contributed by atoms with Gasteiger partial charge < -0.3 is 15.2 Å². The number of rotatable bonds is 6. The molecule has 0 aliphatic carbocycles. The van der Waals surface area contributed by atoms with Gasteiger partial charge in [-0.05, 0) is 31.5 Å². The molecule has 0 saturated carbocycles. The molecule has 0 aliphatic heterocycles. The van der Waals surface area contributed by atoms with E-state index in [0.29, 0.717) is 17.9 Å². The van der Waals surface area contributed by atoms with E-state index in [4.69, 9.17) is 4.74 Å². The molecule has 22 heavy (non-hydrogen) atoms. The van der Waals surface area contributed by atoms with E-state index in [0.717, 1.165) is 5.56 Å². The quantitative estimate of drug-likeness (QED) is 0.862. The van der Waals surface area contributed by atoms with Gasteiger partial charge >= 0.3 is 0 Å². The fourth-order valence-electron chi connectivity index (χ4n) is 2.18. The molecule has 116 valence electrons. The van der Waals surface area contributed by atoms with Crippen LogP contribution in [0, 0.1) is 0 Å². The summed E-state index contributed by atoms with van der Waals surface area (Å²) in [7, 11) is 0. The van der Waals surface area contributed by atoms with Gasteiger partial charge in [0, 0.05) is 0 Å². The van der Waals surface area contributed by atoms with Gasteiger partial charge in [-0.3, -0.25) is 4.79 Å². The molecule has 4 nitrogen and oxygen atoms in total. The lowest BCUT2D eigenvalue weighted by molar-refractivity contribution is 0.0525. The highest BCUT2D eigenvalue weighted by Crippen LogP contribution is 2.21. The van der Waals surface area contributed by atoms with Crippen LogP contribution in [-0.2, 0) is 5.60 Å². The predicted octanol–water partition coefficient (Wildman–Crippen LogP) is 2.72. The number of nitrogens with one attached hydrogen (secondary N) is 1. The lowest BCUT2D eigenvalue weighted by atomic mass is 9.96. The van der Waals surface area contributed by atoms with Crippen LogP contribution in [0.4, 0.5) is 0 Å². The van der Waals surface area contributed by atoms with Crippen molar-refractivity contribution in [3.8, 4) is 5.75 Å². The standard InChI is InChI=1S/C18H21NO3/c1-3-22-16-12-8-7-11-15(16)17(20)19-13-18(2,21)14-9-5-4-6-10-14/h4-12,21H,3,13H2,1-2H3,(H,19,20). The Morgan fingerprint density at radius 1 is 1.14 bits per heavy atom. The number of hydrogen-bond acceptors (Lipinski definition) is 3. The monoisotopic (exact) mass is 299 g/mol. The molecule has 0 spiro atoms. The topological polar surface area (TPSA) is 58.6 Å². The molecule has 4 heteroatoms. The number of carbonyl (C=O) groups excluding carboxylic acids is 1. The second-order valence-corrected chi connectivity index (χ2v) is 5.25. The number of hydrogen-bond donors (Lipinski definition) is 2. The Morgan fingerprint density at radius 2 is 1.77 bits per heavy atom. The third-order valence-electron chi connectivity index (χ3n) is 3.42. The summed E-state index contributed by atoms with van der Waals surface area (Å²) in [4.78, 5) is 12.3. The van der Waals surface area contributed by atoms with E-state index in [1.54, 1.807) is 25.1 Å². The van der Waals surface area contributed by atoms with Crippen LogP contribution in [0.3, 0.4) is 0 Å². The Bertz CT molecular complexity index is 623. The smallest absolute Gasteiger partial charge is 0.255 e. The van der Waals surface area contributed by atoms with Crippen LogP contribution in [0.1, 0.15) is 29.8 Å². The summed E-state index contributed by atoms with van der Waals surface area (Å²) in [6.07, 6.45) is 0. The van der Waals surface area contributed by atoms with Crippen molar-refractivity contribution in [1.29, 1.82) is 0 Å². The number of carbonyl (C=O) groups is 1. The summed E-state index contributed by atoms with van der Waals surface area (Å²) in [5.41, 5.74) is 0.0962. The number of benzene rings is 2. The summed E-state index contributed by atoms with van der Waals surface area (Å²) in [6.45, 7) is 4.16. The van der Waals surface area contributed by atoms with E-state index in [9.17, 15) is 9.90 Å². The Kier molecular flexibility index (Phi) is 5.17. The maximum absolute atomic E-state index is 12.3. The van der Waals surface area contributed by atoms with Crippen LogP contribution < -0.4 is 10.1 Å². The van der Waals surface area contributed by atoms with Gasteiger partial charge in [0.25, 0.3) is 5.91 Å². The van der Waals surface area contributed by atoms with Gasteiger partial charge in [0.1, 0.15) is 11.4 Å². The fourth-order valence-corrected chi connectivity index (χ4v) is 2.18. The first-order valence-corrected chi connectivity index (χ1v) is 7.32. The second kappa shape index (κ2) is 7.09. The van der Waals surface area contributed by atoms with Crippen LogP contribution in [0.2, 0.25) is 0 Å². The molecule has 0 aromatic heterocycles. The van der Waals surface area contributed by atoms with Crippen molar-refractivity contribution in [2.75, 3.05) is 13.2 Å². The van der Waals surface area contributed by atoms with E-state index in [1.165, 1.54) is 0 Å². The molecule has 0 radical (unpaired) electrons. The highest BCUT2D eigenvalue weighted by Gasteiger charge is 2.24. The normalized spacial score (nSPS) is 13.2. The highest BCUT2D eigenvalue weighted by atomic mass is 16.5. The molecule has 0 fully saturated rings. The average Bonchev–Trinajstić information content (AvgIpc) is 2.54. The van der Waals surface area contributed by atoms with Gasteiger partial charge in [-0.25, -0.2) is 0 Å². The molecule has 2 aromatic rings. The molecule has 2 aromatic carbocycles. The molecule has 1 amide bonds. The summed E-state index contributed by atoms with van der Waals surface area (Å²) in [6, 6.07) is 16.3. The Labute approximate surface area is 130 Å². The van der Waals surface area contributed by atoms with Crippen molar-refractivity contribution in [3.05, 3.63) is 65.7 Å². The van der Waals surface area contributed by atoms with Crippen molar-refractivity contribution in [1.82, 2.24) is 5.32 Å². The first kappa shape index (κ1) is 16.0. The van der Waals surface area contributed by atoms with Crippen molar-refractivity contribution in [2.24, 2.45) is 0 Å². The SMILES string of the molecule is CCOc1ccccc1C(=O)NCC(C)(O)c1ccccc1. The predicted molar refractivity (Wildman–Crippen MR) is 86.0 cm³/mol. The molecule has 2 rings (SSSR count). The van der Waals surface area contributed by atoms with Crippen molar-refractivity contribution < 1.29 is 14.6 Å². The molecular formula is C18H21NO3. The Balaban J connectivity index is 2.07. The second-order valence-electron chi connectivity index (χ2n) is 5.25. The number of para-hydroxylation sites is 1. The van der Waals surface area contributed by atoms with Gasteiger partial charge in [0.2, 0.25) is 0 Å². The maximum atomic E-state index is 12.3. The van der Waals surface area contributed by atoms with E-state index < -0.39 is 5.60 Å². The minimum Gasteiger partial charge on any atom is -0.493 e. The van der Waals surface area contributed by atoms with Gasteiger partial charge in [0.15, 0.2) is 0 Å². The van der Waals surface area contributed by atoms with E-state index >= 15 is 0 Å². The van der Waals surface area contributed by atoms with E-state index in [1.807, 2.05) is 43.3 Å². The summed E-state index contributed by atoms with van der Waals surface area (Å²) >= 11 is 0. The Morgan fingerprint density at radius 3 is 2.45 bits per heavy atom. The zero-order valence-electron chi connectivity index (χ0n) is 12.9. The zero-order chi connectivity index (χ0) is 16.0. The summed E-state index contributed by atoms with van der Waals surface area (Å²) in [5.74, 6) is 0.280. The minimum absolute atomic E-state index is 0.121. The molecular weight excluding hydrogens is 278 g/mol. The number of aliphatic hydroxyl groups is 1. The lowest BCUT2D eigenvalue weighted by Gasteiger charge is -2.24. The number of ether oxygens (including phenoxy) is 1. The van der Waals surface area contributed by atoms with Crippen LogP contribution in [0.25, 0.3) is 0 Å². The van der Waals surface area contributed by atoms with Crippen LogP contribution in [0.5, 0.6) is 5.75 Å². The van der Waals surface area contributed by atoms with Crippen LogP contribution in [0.15, 0.2) is 54.6 Å². The van der Waals surface area contributed by atoms with Crippen molar-refractivity contribution >= 4 is 5.91 Å². The number of amides is 1. The van der Waals surface area contributed by atoms with Gasteiger partial charge in [-0.15, -0.1) is 0 Å². The first-order valence-electron chi connectivity index (χ1n) is 7.32. The molecule has 0 saturated heterocycles. The summed E-state index contributed by atoms with van der Waals surface area (Å²) < 4.78 is 5.45. The molecule has 0 heterocycles. The molecule has 2 N–H and O–H groups in total. The lowest BCUT2D eigenvalue weighted by Crippen LogP contribution is -2.38. The third-order valence-corrected chi connectivity index (χ3v) is 3.42. The van der Waals surface area contributed by atoms with Gasteiger partial charge in [-0.1, -0.05) is 42.5 Å². The molecule has 1 atom stereocenters. The summed E-state index contributed by atoms with van der Waals surface area (Å²) in [5, 5.41) is 13.3. The maximum Gasteiger partial charge on any atom is 0.255 e. The molecule has 1 unspecified atom stereocenters. The van der Waals surface area contributed by atoms with Crippen LogP contribution >= 0.6 is 0 Å².